The van der Waals surface area contributed by atoms with Crippen LogP contribution in [0.2, 0.25) is 0 Å². The summed E-state index contributed by atoms with van der Waals surface area (Å²) >= 11 is 0. The maximum atomic E-state index is 12.1. The van der Waals surface area contributed by atoms with Crippen LogP contribution in [0.5, 0.6) is 0 Å². The molecule has 0 unspecified atom stereocenters. The summed E-state index contributed by atoms with van der Waals surface area (Å²) in [4.78, 5) is 32.8. The summed E-state index contributed by atoms with van der Waals surface area (Å²) in [5.74, 6) is -0.673. The number of aliphatic hydroxyl groups excluding tert-OH is 1. The van der Waals surface area contributed by atoms with Crippen LogP contribution in [0.15, 0.2) is 11.0 Å². The number of aromatic nitrogens is 2. The smallest absolute Gasteiger partial charge is 0.351 e. The topological polar surface area (TPSA) is 112 Å². The largest absolute Gasteiger partial charge is 0.469 e. The summed E-state index contributed by atoms with van der Waals surface area (Å²) in [5, 5.41) is 9.34. The fourth-order valence-corrected chi connectivity index (χ4v) is 2.74. The van der Waals surface area contributed by atoms with Gasteiger partial charge in [0, 0.05) is 24.6 Å². The number of aliphatic hydroxyl groups is 1. The monoisotopic (exact) mass is 311 g/mol. The number of carbonyl (C=O) groups excluding carboxylic acids is 1. The van der Waals surface area contributed by atoms with Gasteiger partial charge in [0.2, 0.25) is 0 Å². The van der Waals surface area contributed by atoms with Crippen LogP contribution in [0.4, 0.5) is 5.82 Å². The second-order valence-corrected chi connectivity index (χ2v) is 5.18. The van der Waals surface area contributed by atoms with Crippen LogP contribution in [0.3, 0.4) is 0 Å². The van der Waals surface area contributed by atoms with Gasteiger partial charge in [-0.05, 0) is 0 Å². The molecule has 22 heavy (non-hydrogen) atoms. The fraction of sp³-hybridized carbons (Fsp3) is 0.615. The predicted molar refractivity (Wildman–Crippen MR) is 72.9 cm³/mol. The summed E-state index contributed by atoms with van der Waals surface area (Å²) in [7, 11) is 1.28. The van der Waals surface area contributed by atoms with Crippen molar-refractivity contribution in [3.63, 3.8) is 0 Å². The number of hydrogen-bond acceptors (Lipinski definition) is 8. The molecule has 0 spiro atoms. The molecule has 3 rings (SSSR count). The Morgan fingerprint density at radius 1 is 1.64 bits per heavy atom. The average molecular weight is 311 g/mol. The second kappa shape index (κ2) is 6.03. The van der Waals surface area contributed by atoms with Crippen molar-refractivity contribution < 1.29 is 24.2 Å². The molecular weight excluding hydrogens is 294 g/mol. The molecule has 1 saturated heterocycles. The molecule has 1 fully saturated rings. The van der Waals surface area contributed by atoms with Gasteiger partial charge in [0.1, 0.15) is 6.23 Å². The number of ether oxygens (including phenoxy) is 2. The van der Waals surface area contributed by atoms with E-state index >= 15 is 0 Å². The number of nitrogens with zero attached hydrogens (tertiary/aromatic N) is 2. The molecule has 0 saturated carbocycles. The summed E-state index contributed by atoms with van der Waals surface area (Å²) in [6.07, 6.45) is 1.17. The molecule has 0 bridgehead atoms. The third-order valence-corrected chi connectivity index (χ3v) is 3.90. The van der Waals surface area contributed by atoms with Crippen molar-refractivity contribution in [3.8, 4) is 0 Å². The Balaban J connectivity index is 1.88. The molecule has 9 nitrogen and oxygen atoms in total. The van der Waals surface area contributed by atoms with E-state index in [0.29, 0.717) is 18.8 Å². The highest BCUT2D eigenvalue weighted by atomic mass is 16.6. The lowest BCUT2D eigenvalue weighted by atomic mass is 10.0. The normalized spacial score (nSPS) is 27.1. The van der Waals surface area contributed by atoms with Gasteiger partial charge in [-0.2, -0.15) is 4.98 Å². The highest BCUT2D eigenvalue weighted by Crippen LogP contribution is 2.33. The number of nitrogens with one attached hydrogen (secondary N) is 1. The maximum Gasteiger partial charge on any atom is 0.351 e. The Bertz CT molecular complexity index is 631. The molecular formula is C13H17N3O6. The lowest BCUT2D eigenvalue weighted by Gasteiger charge is -2.20. The van der Waals surface area contributed by atoms with E-state index < -0.39 is 29.9 Å². The van der Waals surface area contributed by atoms with Crippen molar-refractivity contribution in [1.82, 2.24) is 9.55 Å². The minimum absolute atomic E-state index is 0.252. The molecule has 0 aromatic carbocycles. The molecule has 0 aliphatic carbocycles. The van der Waals surface area contributed by atoms with Gasteiger partial charge in [-0.1, -0.05) is 0 Å². The van der Waals surface area contributed by atoms with E-state index in [0.717, 1.165) is 5.56 Å². The van der Waals surface area contributed by atoms with E-state index in [-0.39, 0.29) is 13.0 Å². The van der Waals surface area contributed by atoms with Crippen LogP contribution >= 0.6 is 0 Å². The summed E-state index contributed by atoms with van der Waals surface area (Å²) in [6.45, 7) is 0.154. The zero-order valence-corrected chi connectivity index (χ0v) is 12.0. The third-order valence-electron chi connectivity index (χ3n) is 3.90. The van der Waals surface area contributed by atoms with E-state index in [9.17, 15) is 14.7 Å². The van der Waals surface area contributed by atoms with Crippen molar-refractivity contribution in [1.29, 1.82) is 0 Å². The first-order valence-corrected chi connectivity index (χ1v) is 6.98. The van der Waals surface area contributed by atoms with E-state index in [1.54, 1.807) is 6.20 Å². The highest BCUT2D eigenvalue weighted by molar-refractivity contribution is 5.73. The molecule has 0 amide bonds. The third kappa shape index (κ3) is 2.58. The molecule has 1 aromatic rings. The molecule has 2 aliphatic rings. The van der Waals surface area contributed by atoms with Gasteiger partial charge in [-0.15, -0.1) is 0 Å². The van der Waals surface area contributed by atoms with Crippen molar-refractivity contribution in [2.75, 3.05) is 25.8 Å². The SMILES string of the molecule is COC(=O)[C@H]1C[C@H](n2cc3c(nc2=O)NOCC3)O[C@@H]1CO. The summed E-state index contributed by atoms with van der Waals surface area (Å²) in [6, 6.07) is 0. The number of carbonyl (C=O) groups is 1. The minimum Gasteiger partial charge on any atom is -0.469 e. The van der Waals surface area contributed by atoms with Gasteiger partial charge in [0.15, 0.2) is 5.82 Å². The molecule has 0 radical (unpaired) electrons. The molecule has 9 heteroatoms. The Morgan fingerprint density at radius 2 is 2.45 bits per heavy atom. The number of hydrogen-bond donors (Lipinski definition) is 2. The fourth-order valence-electron chi connectivity index (χ4n) is 2.74. The molecule has 2 N–H and O–H groups in total. The number of fused-ring (bicyclic) bond motifs is 1. The van der Waals surface area contributed by atoms with Crippen LogP contribution in [0.25, 0.3) is 0 Å². The molecule has 3 atom stereocenters. The van der Waals surface area contributed by atoms with Crippen molar-refractivity contribution in [3.05, 3.63) is 22.2 Å². The zero-order chi connectivity index (χ0) is 15.7. The number of esters is 1. The molecule has 2 aliphatic heterocycles. The van der Waals surface area contributed by atoms with E-state index in [1.807, 2.05) is 0 Å². The molecule has 1 aromatic heterocycles. The standard InChI is InChI=1S/C13H17N3O6/c1-20-12(18)8-4-10(22-9(8)6-17)16-5-7-2-3-21-15-11(7)14-13(16)19/h5,8-10,17H,2-4,6H2,1H3,(H,14,15,19)/t8-,9+,10+/m0/s1. The van der Waals surface area contributed by atoms with Gasteiger partial charge in [-0.3, -0.25) is 14.2 Å². The van der Waals surface area contributed by atoms with Crippen molar-refractivity contribution in [2.24, 2.45) is 5.92 Å². The first kappa shape index (κ1) is 14.9. The van der Waals surface area contributed by atoms with Crippen LogP contribution < -0.4 is 11.2 Å². The first-order chi connectivity index (χ1) is 10.6. The Hall–Kier alpha value is -1.97. The van der Waals surface area contributed by atoms with Crippen molar-refractivity contribution >= 4 is 11.8 Å². The van der Waals surface area contributed by atoms with Crippen LogP contribution in [-0.2, 0) is 25.5 Å². The lowest BCUT2D eigenvalue weighted by Crippen LogP contribution is -2.31. The second-order valence-electron chi connectivity index (χ2n) is 5.18. The Labute approximate surface area is 125 Å². The van der Waals surface area contributed by atoms with Crippen molar-refractivity contribution in [2.45, 2.75) is 25.2 Å². The lowest BCUT2D eigenvalue weighted by molar-refractivity contribution is -0.148. The number of methoxy groups -OCH3 is 1. The van der Waals surface area contributed by atoms with E-state index in [1.165, 1.54) is 11.7 Å². The maximum absolute atomic E-state index is 12.1. The first-order valence-electron chi connectivity index (χ1n) is 6.98. The molecule has 120 valence electrons. The van der Waals surface area contributed by atoms with Gasteiger partial charge in [-0.25, -0.2) is 10.3 Å². The summed E-state index contributed by atoms with van der Waals surface area (Å²) in [5.41, 5.74) is 2.92. The van der Waals surface area contributed by atoms with E-state index in [4.69, 9.17) is 14.3 Å². The zero-order valence-electron chi connectivity index (χ0n) is 12.0. The van der Waals surface area contributed by atoms with Gasteiger partial charge < -0.3 is 14.6 Å². The van der Waals surface area contributed by atoms with Gasteiger partial charge in [0.25, 0.3) is 0 Å². The Kier molecular flexibility index (Phi) is 4.10. The van der Waals surface area contributed by atoms with Crippen LogP contribution in [-0.4, -0.2) is 47.1 Å². The van der Waals surface area contributed by atoms with Crippen LogP contribution in [0, 0.1) is 5.92 Å². The quantitative estimate of drug-likeness (QED) is 0.699. The van der Waals surface area contributed by atoms with Gasteiger partial charge in [0.05, 0.1) is 32.3 Å². The minimum atomic E-state index is -0.693. The average Bonchev–Trinajstić information content (AvgIpc) is 2.97. The number of anilines is 1. The highest BCUT2D eigenvalue weighted by Gasteiger charge is 2.41. The van der Waals surface area contributed by atoms with Gasteiger partial charge >= 0.3 is 11.7 Å². The Morgan fingerprint density at radius 3 is 3.18 bits per heavy atom. The predicted octanol–water partition coefficient (Wildman–Crippen LogP) is -0.788. The van der Waals surface area contributed by atoms with E-state index in [2.05, 4.69) is 10.5 Å². The summed E-state index contributed by atoms with van der Waals surface area (Å²) < 4.78 is 11.7. The number of rotatable bonds is 3. The van der Waals surface area contributed by atoms with Crippen LogP contribution in [0.1, 0.15) is 18.2 Å². The molecule has 3 heterocycles.